The van der Waals surface area contributed by atoms with Gasteiger partial charge >= 0.3 is 5.97 Å². The monoisotopic (exact) mass is 253 g/mol. The quantitative estimate of drug-likeness (QED) is 0.880. The zero-order chi connectivity index (χ0) is 12.6. The van der Waals surface area contributed by atoms with Crippen molar-refractivity contribution < 1.29 is 14.7 Å². The standard InChI is InChI=1S/C10H11N3O3S/c1-6-3-13-4-7(11-10(13)17-6)9(16)12(2)5-8(14)15/h3-4H,5H2,1-2H3,(H,14,15). The number of carbonyl (C=O) groups excluding carboxylic acids is 1. The van der Waals surface area contributed by atoms with Crippen molar-refractivity contribution in [3.05, 3.63) is 23.0 Å². The van der Waals surface area contributed by atoms with Crippen LogP contribution in [-0.4, -0.2) is 44.9 Å². The molecule has 2 heterocycles. The van der Waals surface area contributed by atoms with Crippen molar-refractivity contribution in [2.24, 2.45) is 0 Å². The van der Waals surface area contributed by atoms with Crippen molar-refractivity contribution in [2.45, 2.75) is 6.92 Å². The van der Waals surface area contributed by atoms with Crippen LogP contribution in [0.5, 0.6) is 0 Å². The molecule has 6 nitrogen and oxygen atoms in total. The molecule has 2 rings (SSSR count). The second kappa shape index (κ2) is 4.17. The maximum Gasteiger partial charge on any atom is 0.323 e. The van der Waals surface area contributed by atoms with Crippen molar-refractivity contribution in [1.82, 2.24) is 14.3 Å². The van der Waals surface area contributed by atoms with E-state index in [4.69, 9.17) is 5.11 Å². The Labute approximate surface area is 101 Å². The average molecular weight is 253 g/mol. The number of aromatic nitrogens is 2. The number of carboxylic acids is 1. The molecule has 0 bridgehead atoms. The molecule has 0 spiro atoms. The van der Waals surface area contributed by atoms with Crippen LogP contribution in [0.1, 0.15) is 15.4 Å². The number of nitrogens with zero attached hydrogens (tertiary/aromatic N) is 3. The van der Waals surface area contributed by atoms with Crippen LogP contribution in [0.3, 0.4) is 0 Å². The highest BCUT2D eigenvalue weighted by Gasteiger charge is 2.18. The molecule has 1 N–H and O–H groups in total. The zero-order valence-electron chi connectivity index (χ0n) is 9.38. The Morgan fingerprint density at radius 2 is 2.24 bits per heavy atom. The Balaban J connectivity index is 2.24. The fourth-order valence-electron chi connectivity index (χ4n) is 1.48. The van der Waals surface area contributed by atoms with Gasteiger partial charge in [-0.1, -0.05) is 0 Å². The minimum Gasteiger partial charge on any atom is -0.480 e. The van der Waals surface area contributed by atoms with Crippen molar-refractivity contribution in [3.63, 3.8) is 0 Å². The second-order valence-corrected chi connectivity index (χ2v) is 4.93. The van der Waals surface area contributed by atoms with Gasteiger partial charge in [0.05, 0.1) is 0 Å². The molecule has 0 saturated carbocycles. The number of amides is 1. The topological polar surface area (TPSA) is 74.9 Å². The lowest BCUT2D eigenvalue weighted by Gasteiger charge is -2.11. The molecular formula is C10H11N3O3S. The van der Waals surface area contributed by atoms with Crippen LogP contribution in [0.15, 0.2) is 12.4 Å². The SMILES string of the molecule is Cc1cn2cc(C(=O)N(C)CC(=O)O)nc2s1. The van der Waals surface area contributed by atoms with Gasteiger partial charge in [-0.2, -0.15) is 0 Å². The van der Waals surface area contributed by atoms with Gasteiger partial charge in [0.25, 0.3) is 5.91 Å². The minimum atomic E-state index is -1.04. The lowest BCUT2D eigenvalue weighted by Crippen LogP contribution is -2.32. The van der Waals surface area contributed by atoms with Gasteiger partial charge in [0.2, 0.25) is 0 Å². The third kappa shape index (κ3) is 2.28. The summed E-state index contributed by atoms with van der Waals surface area (Å²) < 4.78 is 1.77. The van der Waals surface area contributed by atoms with Crippen molar-refractivity contribution >= 4 is 28.2 Å². The van der Waals surface area contributed by atoms with Crippen molar-refractivity contribution in [2.75, 3.05) is 13.6 Å². The van der Waals surface area contributed by atoms with Gasteiger partial charge in [-0.3, -0.25) is 14.0 Å². The Bertz CT molecular complexity index is 555. The summed E-state index contributed by atoms with van der Waals surface area (Å²) in [7, 11) is 1.44. The van der Waals surface area contributed by atoms with Crippen molar-refractivity contribution in [3.8, 4) is 0 Å². The first-order valence-corrected chi connectivity index (χ1v) is 5.71. The molecule has 0 fully saturated rings. The van der Waals surface area contributed by atoms with Gasteiger partial charge < -0.3 is 10.0 Å². The molecular weight excluding hydrogens is 242 g/mol. The normalized spacial score (nSPS) is 10.7. The number of fused-ring (bicyclic) bond motifs is 1. The molecule has 90 valence electrons. The first kappa shape index (κ1) is 11.6. The third-order valence-corrected chi connectivity index (χ3v) is 3.12. The number of hydrogen-bond acceptors (Lipinski definition) is 4. The Morgan fingerprint density at radius 3 is 2.82 bits per heavy atom. The summed E-state index contributed by atoms with van der Waals surface area (Å²) in [4.78, 5) is 29.4. The van der Waals surface area contributed by atoms with E-state index in [1.54, 1.807) is 10.6 Å². The number of rotatable bonds is 3. The highest BCUT2D eigenvalue weighted by Crippen LogP contribution is 2.17. The molecule has 2 aromatic heterocycles. The van der Waals surface area contributed by atoms with E-state index in [0.717, 1.165) is 14.7 Å². The molecule has 0 aliphatic rings. The molecule has 0 saturated heterocycles. The average Bonchev–Trinajstić information content (AvgIpc) is 2.72. The number of thiazole rings is 1. The van der Waals surface area contributed by atoms with Crippen LogP contribution in [0.25, 0.3) is 4.96 Å². The van der Waals surface area contributed by atoms with E-state index in [1.165, 1.54) is 18.4 Å². The number of hydrogen-bond donors (Lipinski definition) is 1. The maximum absolute atomic E-state index is 11.8. The van der Waals surface area contributed by atoms with Crippen LogP contribution in [0.2, 0.25) is 0 Å². The van der Waals surface area contributed by atoms with Gasteiger partial charge in [-0.05, 0) is 6.92 Å². The molecule has 0 aromatic carbocycles. The molecule has 7 heteroatoms. The summed E-state index contributed by atoms with van der Waals surface area (Å²) in [6, 6.07) is 0. The smallest absolute Gasteiger partial charge is 0.323 e. The highest BCUT2D eigenvalue weighted by molar-refractivity contribution is 7.17. The van der Waals surface area contributed by atoms with Gasteiger partial charge in [-0.15, -0.1) is 11.3 Å². The number of likely N-dealkylation sites (N-methyl/N-ethyl adjacent to an activating group) is 1. The Kier molecular flexibility index (Phi) is 2.84. The predicted octanol–water partition coefficient (Wildman–Crippen LogP) is 0.861. The molecule has 0 radical (unpaired) electrons. The summed E-state index contributed by atoms with van der Waals surface area (Å²) in [5.41, 5.74) is 0.264. The van der Waals surface area contributed by atoms with Gasteiger partial charge in [-0.25, -0.2) is 4.98 Å². The molecule has 0 aliphatic carbocycles. The number of aliphatic carboxylic acids is 1. The number of carbonyl (C=O) groups is 2. The third-order valence-electron chi connectivity index (χ3n) is 2.21. The van der Waals surface area contributed by atoms with Gasteiger partial charge in [0.1, 0.15) is 12.2 Å². The summed E-state index contributed by atoms with van der Waals surface area (Å²) in [5, 5.41) is 8.60. The number of aryl methyl sites for hydroxylation is 1. The predicted molar refractivity (Wildman–Crippen MR) is 62.4 cm³/mol. The van der Waals surface area contributed by atoms with Crippen molar-refractivity contribution in [1.29, 1.82) is 0 Å². The Hall–Kier alpha value is -1.89. The van der Waals surface area contributed by atoms with Gasteiger partial charge in [0.15, 0.2) is 4.96 Å². The summed E-state index contributed by atoms with van der Waals surface area (Å²) in [6.07, 6.45) is 3.49. The van der Waals surface area contributed by atoms with Crippen LogP contribution in [0.4, 0.5) is 0 Å². The highest BCUT2D eigenvalue weighted by atomic mass is 32.1. The lowest BCUT2D eigenvalue weighted by molar-refractivity contribution is -0.137. The molecule has 17 heavy (non-hydrogen) atoms. The molecule has 0 atom stereocenters. The largest absolute Gasteiger partial charge is 0.480 e. The molecule has 2 aromatic rings. The number of carboxylic acid groups (broad SMARTS) is 1. The van der Waals surface area contributed by atoms with Gasteiger partial charge in [0, 0.05) is 24.3 Å². The minimum absolute atomic E-state index is 0.264. The molecule has 0 aliphatic heterocycles. The van der Waals surface area contributed by atoms with E-state index < -0.39 is 5.97 Å². The van der Waals surface area contributed by atoms with E-state index >= 15 is 0 Å². The van der Waals surface area contributed by atoms with E-state index in [9.17, 15) is 9.59 Å². The van der Waals surface area contributed by atoms with E-state index in [1.807, 2.05) is 13.1 Å². The van der Waals surface area contributed by atoms with Crippen LogP contribution in [0, 0.1) is 6.92 Å². The van der Waals surface area contributed by atoms with E-state index in [2.05, 4.69) is 4.98 Å². The van der Waals surface area contributed by atoms with E-state index in [0.29, 0.717) is 0 Å². The van der Waals surface area contributed by atoms with E-state index in [-0.39, 0.29) is 18.1 Å². The zero-order valence-corrected chi connectivity index (χ0v) is 10.2. The fourth-order valence-corrected chi connectivity index (χ4v) is 2.29. The maximum atomic E-state index is 11.8. The summed E-state index contributed by atoms with van der Waals surface area (Å²) in [6.45, 7) is 1.63. The lowest BCUT2D eigenvalue weighted by atomic mass is 10.4. The molecule has 1 amide bonds. The Morgan fingerprint density at radius 1 is 1.53 bits per heavy atom. The van der Waals surface area contributed by atoms with Crippen LogP contribution in [-0.2, 0) is 4.79 Å². The number of imidazole rings is 1. The summed E-state index contributed by atoms with van der Waals surface area (Å²) in [5.74, 6) is -1.43. The fraction of sp³-hybridized carbons (Fsp3) is 0.300. The first-order chi connectivity index (χ1) is 7.97. The summed E-state index contributed by atoms with van der Waals surface area (Å²) >= 11 is 1.48. The van der Waals surface area contributed by atoms with Crippen LogP contribution < -0.4 is 0 Å². The molecule has 0 unspecified atom stereocenters. The van der Waals surface area contributed by atoms with Crippen LogP contribution >= 0.6 is 11.3 Å². The second-order valence-electron chi connectivity index (χ2n) is 3.71. The first-order valence-electron chi connectivity index (χ1n) is 4.90.